The summed E-state index contributed by atoms with van der Waals surface area (Å²) in [6.07, 6.45) is 4.97. The molecule has 0 aromatic carbocycles. The Kier molecular flexibility index (Phi) is 5.18. The zero-order chi connectivity index (χ0) is 13.7. The number of hydrazine groups is 1. The molecule has 1 aliphatic rings. The fourth-order valence-electron chi connectivity index (χ4n) is 2.71. The number of hydrogen-bond acceptors (Lipinski definition) is 5. The number of nitrogens with zero attached hydrogens (tertiary/aromatic N) is 2. The first-order chi connectivity index (χ1) is 9.31. The Balaban J connectivity index is 2.26. The summed E-state index contributed by atoms with van der Waals surface area (Å²) in [4.78, 5) is 0. The molecule has 1 fully saturated rings. The zero-order valence-corrected chi connectivity index (χ0v) is 11.8. The van der Waals surface area contributed by atoms with E-state index in [2.05, 4.69) is 17.4 Å². The van der Waals surface area contributed by atoms with Crippen LogP contribution in [0.2, 0.25) is 0 Å². The highest BCUT2D eigenvalue weighted by molar-refractivity contribution is 5.29. The number of ether oxygens (including phenoxy) is 2. The normalized spacial score (nSPS) is 21.3. The maximum Gasteiger partial charge on any atom is 0.161 e. The zero-order valence-electron chi connectivity index (χ0n) is 11.8. The fraction of sp³-hybridized carbons (Fsp3) is 0.769. The highest BCUT2D eigenvalue weighted by Crippen LogP contribution is 2.33. The van der Waals surface area contributed by atoms with Crippen molar-refractivity contribution in [3.63, 3.8) is 0 Å². The smallest absolute Gasteiger partial charge is 0.161 e. The quantitative estimate of drug-likeness (QED) is 0.599. The summed E-state index contributed by atoms with van der Waals surface area (Å²) in [6, 6.07) is 0.0179. The summed E-state index contributed by atoms with van der Waals surface area (Å²) < 4.78 is 13.0. The van der Waals surface area contributed by atoms with Gasteiger partial charge in [0.1, 0.15) is 0 Å². The maximum atomic E-state index is 5.78. The lowest BCUT2D eigenvalue weighted by Gasteiger charge is -2.30. The predicted octanol–water partition coefficient (Wildman–Crippen LogP) is 1.23. The van der Waals surface area contributed by atoms with Gasteiger partial charge in [0, 0.05) is 19.1 Å². The SMILES string of the molecule is CCCn1ncc(OC)c1C(NN)C1CCCOC1. The van der Waals surface area contributed by atoms with Crippen molar-refractivity contribution < 1.29 is 9.47 Å². The van der Waals surface area contributed by atoms with Gasteiger partial charge < -0.3 is 9.47 Å². The second kappa shape index (κ2) is 6.88. The minimum atomic E-state index is 0.0179. The van der Waals surface area contributed by atoms with E-state index in [1.54, 1.807) is 13.3 Å². The van der Waals surface area contributed by atoms with Crippen LogP contribution in [0.1, 0.15) is 37.9 Å². The summed E-state index contributed by atoms with van der Waals surface area (Å²) in [7, 11) is 1.67. The first kappa shape index (κ1) is 14.3. The fourth-order valence-corrected chi connectivity index (χ4v) is 2.71. The number of aryl methyl sites for hydroxylation is 1. The third kappa shape index (κ3) is 3.08. The molecular weight excluding hydrogens is 244 g/mol. The van der Waals surface area contributed by atoms with Crippen LogP contribution in [0.5, 0.6) is 5.75 Å². The molecule has 19 heavy (non-hydrogen) atoms. The van der Waals surface area contributed by atoms with Crippen molar-refractivity contribution in [2.24, 2.45) is 11.8 Å². The van der Waals surface area contributed by atoms with E-state index in [-0.39, 0.29) is 6.04 Å². The molecule has 2 atom stereocenters. The van der Waals surface area contributed by atoms with Gasteiger partial charge in [-0.15, -0.1) is 0 Å². The van der Waals surface area contributed by atoms with E-state index in [0.29, 0.717) is 5.92 Å². The third-order valence-corrected chi connectivity index (χ3v) is 3.64. The van der Waals surface area contributed by atoms with E-state index < -0.39 is 0 Å². The summed E-state index contributed by atoms with van der Waals surface area (Å²) in [6.45, 7) is 4.57. The molecular formula is C13H24N4O2. The molecule has 0 bridgehead atoms. The molecule has 1 aromatic heterocycles. The molecule has 0 spiro atoms. The minimum Gasteiger partial charge on any atom is -0.493 e. The van der Waals surface area contributed by atoms with Gasteiger partial charge in [0.25, 0.3) is 0 Å². The Bertz CT molecular complexity index is 388. The lowest BCUT2D eigenvalue weighted by molar-refractivity contribution is 0.0372. The Hall–Kier alpha value is -1.11. The van der Waals surface area contributed by atoms with Gasteiger partial charge in [-0.25, -0.2) is 0 Å². The molecule has 0 amide bonds. The van der Waals surface area contributed by atoms with Crippen LogP contribution in [0.15, 0.2) is 6.20 Å². The number of hydrogen-bond donors (Lipinski definition) is 2. The Morgan fingerprint density at radius 2 is 2.53 bits per heavy atom. The highest BCUT2D eigenvalue weighted by Gasteiger charge is 2.30. The predicted molar refractivity (Wildman–Crippen MR) is 72.7 cm³/mol. The van der Waals surface area contributed by atoms with Gasteiger partial charge in [0.05, 0.1) is 31.6 Å². The second-order valence-electron chi connectivity index (χ2n) is 4.94. The number of aromatic nitrogens is 2. The molecule has 6 heteroatoms. The molecule has 6 nitrogen and oxygen atoms in total. The van der Waals surface area contributed by atoms with Crippen molar-refractivity contribution in [3.05, 3.63) is 11.9 Å². The van der Waals surface area contributed by atoms with Crippen molar-refractivity contribution >= 4 is 0 Å². The van der Waals surface area contributed by atoms with E-state index in [9.17, 15) is 0 Å². The van der Waals surface area contributed by atoms with Crippen LogP contribution in [-0.4, -0.2) is 30.1 Å². The average Bonchev–Trinajstić information content (AvgIpc) is 2.85. The van der Waals surface area contributed by atoms with Crippen molar-refractivity contribution in [2.75, 3.05) is 20.3 Å². The molecule has 0 aliphatic carbocycles. The van der Waals surface area contributed by atoms with Crippen molar-refractivity contribution in [2.45, 2.75) is 38.8 Å². The molecule has 0 radical (unpaired) electrons. The summed E-state index contributed by atoms with van der Waals surface area (Å²) >= 11 is 0. The Morgan fingerprint density at radius 1 is 1.68 bits per heavy atom. The molecule has 1 aliphatic heterocycles. The average molecular weight is 268 g/mol. The highest BCUT2D eigenvalue weighted by atomic mass is 16.5. The molecule has 0 saturated carbocycles. The lowest BCUT2D eigenvalue weighted by atomic mass is 9.91. The van der Waals surface area contributed by atoms with Gasteiger partial charge in [-0.1, -0.05) is 6.92 Å². The number of nitrogens with one attached hydrogen (secondary N) is 1. The van der Waals surface area contributed by atoms with Crippen LogP contribution in [0.25, 0.3) is 0 Å². The monoisotopic (exact) mass is 268 g/mol. The van der Waals surface area contributed by atoms with E-state index in [4.69, 9.17) is 15.3 Å². The Morgan fingerprint density at radius 3 is 3.11 bits per heavy atom. The molecule has 3 N–H and O–H groups in total. The molecule has 2 unspecified atom stereocenters. The van der Waals surface area contributed by atoms with Gasteiger partial charge in [-0.3, -0.25) is 16.0 Å². The van der Waals surface area contributed by atoms with Crippen LogP contribution in [-0.2, 0) is 11.3 Å². The summed E-state index contributed by atoms with van der Waals surface area (Å²) in [5, 5.41) is 4.40. The molecule has 1 saturated heterocycles. The van der Waals surface area contributed by atoms with Gasteiger partial charge in [0.15, 0.2) is 5.75 Å². The molecule has 2 heterocycles. The first-order valence-corrected chi connectivity index (χ1v) is 6.95. The van der Waals surface area contributed by atoms with Crippen molar-refractivity contribution in [1.82, 2.24) is 15.2 Å². The number of methoxy groups -OCH3 is 1. The third-order valence-electron chi connectivity index (χ3n) is 3.64. The first-order valence-electron chi connectivity index (χ1n) is 6.95. The van der Waals surface area contributed by atoms with Crippen LogP contribution in [0.4, 0.5) is 0 Å². The number of nitrogens with two attached hydrogens (primary N) is 1. The van der Waals surface area contributed by atoms with E-state index in [1.165, 1.54) is 0 Å². The van der Waals surface area contributed by atoms with Crippen LogP contribution in [0, 0.1) is 5.92 Å². The molecule has 1 aromatic rings. The van der Waals surface area contributed by atoms with Crippen molar-refractivity contribution in [1.29, 1.82) is 0 Å². The Labute approximate surface area is 114 Å². The van der Waals surface area contributed by atoms with E-state index in [1.807, 2.05) is 4.68 Å². The maximum absolute atomic E-state index is 5.78. The van der Waals surface area contributed by atoms with Gasteiger partial charge in [-0.05, 0) is 19.3 Å². The van der Waals surface area contributed by atoms with Crippen LogP contribution < -0.4 is 16.0 Å². The van der Waals surface area contributed by atoms with Crippen LogP contribution in [0.3, 0.4) is 0 Å². The van der Waals surface area contributed by atoms with E-state index in [0.717, 1.165) is 50.5 Å². The molecule has 2 rings (SSSR count). The van der Waals surface area contributed by atoms with Gasteiger partial charge in [0.2, 0.25) is 0 Å². The van der Waals surface area contributed by atoms with Crippen LogP contribution >= 0.6 is 0 Å². The molecule has 108 valence electrons. The lowest BCUT2D eigenvalue weighted by Crippen LogP contribution is -2.38. The van der Waals surface area contributed by atoms with Crippen molar-refractivity contribution in [3.8, 4) is 5.75 Å². The standard InChI is InChI=1S/C13H24N4O2/c1-3-6-17-13(11(18-2)8-15-17)12(16-14)10-5-4-7-19-9-10/h8,10,12,16H,3-7,9,14H2,1-2H3. The van der Waals surface area contributed by atoms with E-state index >= 15 is 0 Å². The second-order valence-corrected chi connectivity index (χ2v) is 4.94. The summed E-state index contributed by atoms with van der Waals surface area (Å²) in [5.74, 6) is 6.94. The largest absolute Gasteiger partial charge is 0.493 e. The minimum absolute atomic E-state index is 0.0179. The van der Waals surface area contributed by atoms with Gasteiger partial charge in [-0.2, -0.15) is 5.10 Å². The van der Waals surface area contributed by atoms with Gasteiger partial charge >= 0.3 is 0 Å². The topological polar surface area (TPSA) is 74.3 Å². The summed E-state index contributed by atoms with van der Waals surface area (Å²) in [5.41, 5.74) is 3.96. The number of rotatable bonds is 6.